The molecule has 1 aromatic rings. The van der Waals surface area contributed by atoms with E-state index >= 15 is 0 Å². The minimum atomic E-state index is -1.57. The minimum Gasteiger partial charge on any atom is -0.479 e. The number of carboxylic acid groups (broad SMARTS) is 1. The molecule has 0 unspecified atom stereocenters. The molecule has 92 valence electrons. The van der Waals surface area contributed by atoms with E-state index in [1.54, 1.807) is 12.1 Å². The van der Waals surface area contributed by atoms with Crippen LogP contribution in [0.5, 0.6) is 0 Å². The molecule has 0 bridgehead atoms. The van der Waals surface area contributed by atoms with Gasteiger partial charge in [-0.15, -0.1) is 0 Å². The van der Waals surface area contributed by atoms with Crippen LogP contribution in [-0.2, 0) is 4.79 Å². The van der Waals surface area contributed by atoms with Crippen LogP contribution >= 0.6 is 0 Å². The Bertz CT molecular complexity index is 436. The van der Waals surface area contributed by atoms with Crippen LogP contribution < -0.4 is 5.32 Å². The van der Waals surface area contributed by atoms with E-state index < -0.39 is 12.1 Å². The van der Waals surface area contributed by atoms with E-state index in [-0.39, 0.29) is 12.5 Å². The molecule has 3 N–H and O–H groups in total. The average Bonchev–Trinajstić information content (AvgIpc) is 3.03. The van der Waals surface area contributed by atoms with Crippen molar-refractivity contribution in [3.05, 3.63) is 24.0 Å². The smallest absolute Gasteiger partial charge is 0.334 e. The molecule has 0 saturated heterocycles. The minimum absolute atomic E-state index is 0.288. The standard InChI is InChI=1S/C11H14N2O4/c14-9(11(16)17)6-12-10(15)8-2-1-5-13(8)7-3-4-7/h1-2,5,7,9,14H,3-4,6H2,(H,12,15)(H,16,17)/t9-/m0/s1. The number of hydrogen-bond acceptors (Lipinski definition) is 3. The average molecular weight is 238 g/mol. The van der Waals surface area contributed by atoms with Crippen LogP contribution in [-0.4, -0.2) is 39.3 Å². The Morgan fingerprint density at radius 3 is 2.82 bits per heavy atom. The quantitative estimate of drug-likeness (QED) is 0.673. The van der Waals surface area contributed by atoms with Crippen molar-refractivity contribution in [1.82, 2.24) is 9.88 Å². The lowest BCUT2D eigenvalue weighted by molar-refractivity contribution is -0.146. The first-order chi connectivity index (χ1) is 8.09. The predicted molar refractivity (Wildman–Crippen MR) is 58.7 cm³/mol. The van der Waals surface area contributed by atoms with Crippen LogP contribution in [0.25, 0.3) is 0 Å². The van der Waals surface area contributed by atoms with Crippen molar-refractivity contribution in [2.75, 3.05) is 6.54 Å². The van der Waals surface area contributed by atoms with E-state index in [2.05, 4.69) is 5.32 Å². The fourth-order valence-corrected chi connectivity index (χ4v) is 1.62. The lowest BCUT2D eigenvalue weighted by Gasteiger charge is -2.10. The number of amides is 1. The molecule has 0 radical (unpaired) electrons. The lowest BCUT2D eigenvalue weighted by atomic mass is 10.3. The third kappa shape index (κ3) is 2.65. The Kier molecular flexibility index (Phi) is 3.14. The van der Waals surface area contributed by atoms with Crippen molar-refractivity contribution in [3.63, 3.8) is 0 Å². The predicted octanol–water partition coefficient (Wildman–Crippen LogP) is -0.00170. The number of rotatable bonds is 5. The van der Waals surface area contributed by atoms with Crippen molar-refractivity contribution in [2.45, 2.75) is 25.0 Å². The Hall–Kier alpha value is -1.82. The summed E-state index contributed by atoms with van der Waals surface area (Å²) in [6.45, 7) is -0.288. The van der Waals surface area contributed by atoms with Gasteiger partial charge in [0.05, 0.1) is 6.54 Å². The van der Waals surface area contributed by atoms with Gasteiger partial charge >= 0.3 is 5.97 Å². The molecule has 17 heavy (non-hydrogen) atoms. The molecule has 6 heteroatoms. The van der Waals surface area contributed by atoms with Crippen LogP contribution in [0.3, 0.4) is 0 Å². The first-order valence-corrected chi connectivity index (χ1v) is 5.45. The molecule has 6 nitrogen and oxygen atoms in total. The number of aliphatic carboxylic acids is 1. The maximum absolute atomic E-state index is 11.7. The van der Waals surface area contributed by atoms with E-state index in [9.17, 15) is 9.59 Å². The summed E-state index contributed by atoms with van der Waals surface area (Å²) in [5.74, 6) is -1.70. The SMILES string of the molecule is O=C(NC[C@H](O)C(=O)O)c1cccn1C1CC1. The molecule has 1 saturated carbocycles. The fourth-order valence-electron chi connectivity index (χ4n) is 1.62. The zero-order valence-corrected chi connectivity index (χ0v) is 9.17. The summed E-state index contributed by atoms with van der Waals surface area (Å²) in [5, 5.41) is 19.9. The maximum Gasteiger partial charge on any atom is 0.334 e. The lowest BCUT2D eigenvalue weighted by Crippen LogP contribution is -2.37. The second kappa shape index (κ2) is 4.58. The van der Waals surface area contributed by atoms with Crippen molar-refractivity contribution >= 4 is 11.9 Å². The Labute approximate surface area is 97.9 Å². The fraction of sp³-hybridized carbons (Fsp3) is 0.455. The van der Waals surface area contributed by atoms with Crippen molar-refractivity contribution < 1.29 is 19.8 Å². The molecule has 2 rings (SSSR count). The number of aliphatic hydroxyl groups is 1. The third-order valence-electron chi connectivity index (χ3n) is 2.69. The summed E-state index contributed by atoms with van der Waals surface area (Å²) in [6, 6.07) is 3.84. The first kappa shape index (κ1) is 11.7. The zero-order valence-electron chi connectivity index (χ0n) is 9.17. The molecule has 0 aliphatic heterocycles. The van der Waals surface area contributed by atoms with Crippen molar-refractivity contribution in [2.24, 2.45) is 0 Å². The van der Waals surface area contributed by atoms with Gasteiger partial charge in [0.15, 0.2) is 6.10 Å². The zero-order chi connectivity index (χ0) is 12.4. The van der Waals surface area contributed by atoms with Gasteiger partial charge in [0.1, 0.15) is 5.69 Å². The highest BCUT2D eigenvalue weighted by atomic mass is 16.4. The number of aliphatic hydroxyl groups excluding tert-OH is 1. The summed E-state index contributed by atoms with van der Waals surface area (Å²) in [5.41, 5.74) is 0.505. The molecule has 1 aliphatic carbocycles. The molecule has 1 fully saturated rings. The van der Waals surface area contributed by atoms with Crippen molar-refractivity contribution in [1.29, 1.82) is 0 Å². The molecular weight excluding hydrogens is 224 g/mol. The summed E-state index contributed by atoms with van der Waals surface area (Å²) in [6.07, 6.45) is 2.39. The maximum atomic E-state index is 11.7. The molecule has 0 aromatic carbocycles. The molecular formula is C11H14N2O4. The van der Waals surface area contributed by atoms with Crippen LogP contribution in [0.15, 0.2) is 18.3 Å². The van der Waals surface area contributed by atoms with E-state index in [0.717, 1.165) is 12.8 Å². The second-order valence-electron chi connectivity index (χ2n) is 4.10. The third-order valence-corrected chi connectivity index (χ3v) is 2.69. The highest BCUT2D eigenvalue weighted by Crippen LogP contribution is 2.35. The number of nitrogens with zero attached hydrogens (tertiary/aromatic N) is 1. The van der Waals surface area contributed by atoms with Crippen LogP contribution in [0.1, 0.15) is 29.4 Å². The second-order valence-corrected chi connectivity index (χ2v) is 4.10. The van der Waals surface area contributed by atoms with Crippen molar-refractivity contribution in [3.8, 4) is 0 Å². The van der Waals surface area contributed by atoms with Gasteiger partial charge in [-0.1, -0.05) is 0 Å². The van der Waals surface area contributed by atoms with Gasteiger partial charge in [-0.2, -0.15) is 0 Å². The van der Waals surface area contributed by atoms with Gasteiger partial charge in [-0.05, 0) is 25.0 Å². The summed E-state index contributed by atoms with van der Waals surface area (Å²) < 4.78 is 1.88. The number of carbonyl (C=O) groups excluding carboxylic acids is 1. The summed E-state index contributed by atoms with van der Waals surface area (Å²) >= 11 is 0. The monoisotopic (exact) mass is 238 g/mol. The normalized spacial score (nSPS) is 16.5. The summed E-state index contributed by atoms with van der Waals surface area (Å²) in [4.78, 5) is 22.1. The highest BCUT2D eigenvalue weighted by Gasteiger charge is 2.27. The van der Waals surface area contributed by atoms with Gasteiger partial charge < -0.3 is 20.1 Å². The van der Waals surface area contributed by atoms with Gasteiger partial charge in [0.25, 0.3) is 5.91 Å². The summed E-state index contributed by atoms with van der Waals surface area (Å²) in [7, 11) is 0. The molecule has 1 atom stereocenters. The Morgan fingerprint density at radius 1 is 1.53 bits per heavy atom. The number of nitrogens with one attached hydrogen (secondary N) is 1. The number of carbonyl (C=O) groups is 2. The van der Waals surface area contributed by atoms with Crippen LogP contribution in [0.4, 0.5) is 0 Å². The number of aromatic nitrogens is 1. The molecule has 0 spiro atoms. The topological polar surface area (TPSA) is 91.6 Å². The molecule has 1 amide bonds. The first-order valence-electron chi connectivity index (χ1n) is 5.45. The number of hydrogen-bond donors (Lipinski definition) is 3. The van der Waals surface area contributed by atoms with E-state index in [1.165, 1.54) is 0 Å². The molecule has 1 aromatic heterocycles. The Balaban J connectivity index is 1.95. The van der Waals surface area contributed by atoms with E-state index in [4.69, 9.17) is 10.2 Å². The van der Waals surface area contributed by atoms with Gasteiger partial charge in [-0.25, -0.2) is 4.79 Å². The van der Waals surface area contributed by atoms with E-state index in [1.807, 2.05) is 10.8 Å². The van der Waals surface area contributed by atoms with Crippen LogP contribution in [0, 0.1) is 0 Å². The van der Waals surface area contributed by atoms with Crippen LogP contribution in [0.2, 0.25) is 0 Å². The van der Waals surface area contributed by atoms with Gasteiger partial charge in [0, 0.05) is 12.2 Å². The number of carboxylic acids is 1. The van der Waals surface area contributed by atoms with E-state index in [0.29, 0.717) is 11.7 Å². The Morgan fingerprint density at radius 2 is 2.24 bits per heavy atom. The van der Waals surface area contributed by atoms with Gasteiger partial charge in [-0.3, -0.25) is 4.79 Å². The molecule has 1 aliphatic rings. The van der Waals surface area contributed by atoms with Gasteiger partial charge in [0.2, 0.25) is 0 Å². The molecule has 1 heterocycles. The largest absolute Gasteiger partial charge is 0.479 e. The highest BCUT2D eigenvalue weighted by molar-refractivity contribution is 5.93.